The molecule has 0 aromatic heterocycles. The molecule has 1 aliphatic rings. The molecule has 0 unspecified atom stereocenters. The van der Waals surface area contributed by atoms with E-state index in [9.17, 15) is 4.79 Å². The molecule has 4 aromatic carbocycles. The smallest absolute Gasteiger partial charge is 0.194 e. The van der Waals surface area contributed by atoms with Crippen LogP contribution >= 0.6 is 0 Å². The first-order valence-electron chi connectivity index (χ1n) is 8.10. The van der Waals surface area contributed by atoms with Crippen LogP contribution in [0.1, 0.15) is 15.9 Å². The normalized spacial score (nSPS) is 12.2. The lowest BCUT2D eigenvalue weighted by Crippen LogP contribution is -1.95. The van der Waals surface area contributed by atoms with Crippen LogP contribution in [0.25, 0.3) is 33.0 Å². The van der Waals surface area contributed by atoms with E-state index < -0.39 is 0 Å². The van der Waals surface area contributed by atoms with Crippen LogP contribution in [-0.2, 0) is 0 Å². The molecule has 0 bridgehead atoms. The summed E-state index contributed by atoms with van der Waals surface area (Å²) in [6.07, 6.45) is 0. The highest BCUT2D eigenvalue weighted by Gasteiger charge is 2.30. The van der Waals surface area contributed by atoms with Gasteiger partial charge in [-0.05, 0) is 33.5 Å². The van der Waals surface area contributed by atoms with E-state index in [1.165, 1.54) is 5.39 Å². The fourth-order valence-corrected chi connectivity index (χ4v) is 3.76. The Labute approximate surface area is 140 Å². The summed E-state index contributed by atoms with van der Waals surface area (Å²) < 4.78 is 0. The van der Waals surface area contributed by atoms with E-state index in [4.69, 9.17) is 0 Å². The van der Waals surface area contributed by atoms with Gasteiger partial charge in [-0.2, -0.15) is 0 Å². The molecule has 0 fully saturated rings. The standard InChI is InChI=1S/C23H14O/c24-23-19-13-7-6-12-18(19)22-20(23)14-16-10-4-5-11-17(16)21(22)15-8-2-1-3-9-15/h1-14H. The summed E-state index contributed by atoms with van der Waals surface area (Å²) in [5.41, 5.74) is 6.04. The highest BCUT2D eigenvalue weighted by Crippen LogP contribution is 2.46. The number of hydrogen-bond acceptors (Lipinski definition) is 1. The van der Waals surface area contributed by atoms with Crippen molar-refractivity contribution < 1.29 is 4.79 Å². The van der Waals surface area contributed by atoms with Crippen LogP contribution in [0.3, 0.4) is 0 Å². The molecule has 0 saturated carbocycles. The van der Waals surface area contributed by atoms with Gasteiger partial charge in [0.2, 0.25) is 0 Å². The van der Waals surface area contributed by atoms with Crippen LogP contribution in [-0.4, -0.2) is 5.78 Å². The average molecular weight is 306 g/mol. The van der Waals surface area contributed by atoms with Gasteiger partial charge in [-0.25, -0.2) is 0 Å². The number of hydrogen-bond donors (Lipinski definition) is 0. The van der Waals surface area contributed by atoms with E-state index in [-0.39, 0.29) is 5.78 Å². The van der Waals surface area contributed by atoms with Crippen molar-refractivity contribution in [3.8, 4) is 22.3 Å². The monoisotopic (exact) mass is 306 g/mol. The minimum absolute atomic E-state index is 0.128. The maximum Gasteiger partial charge on any atom is 0.194 e. The Morgan fingerprint density at radius 1 is 0.542 bits per heavy atom. The first-order valence-corrected chi connectivity index (χ1v) is 8.10. The van der Waals surface area contributed by atoms with Crippen LogP contribution in [0.4, 0.5) is 0 Å². The molecular weight excluding hydrogens is 292 g/mol. The summed E-state index contributed by atoms with van der Waals surface area (Å²) >= 11 is 0. The second-order valence-electron chi connectivity index (χ2n) is 6.14. The maximum atomic E-state index is 12.9. The topological polar surface area (TPSA) is 17.1 Å². The Hall–Kier alpha value is -3.19. The predicted octanol–water partition coefficient (Wildman–Crippen LogP) is 5.72. The van der Waals surface area contributed by atoms with E-state index >= 15 is 0 Å². The second-order valence-corrected chi connectivity index (χ2v) is 6.14. The molecule has 0 N–H and O–H groups in total. The molecule has 4 aromatic rings. The molecule has 0 aliphatic heterocycles. The Kier molecular flexibility index (Phi) is 2.71. The lowest BCUT2D eigenvalue weighted by atomic mass is 9.89. The third-order valence-electron chi connectivity index (χ3n) is 4.80. The van der Waals surface area contributed by atoms with Crippen molar-refractivity contribution in [3.05, 3.63) is 96.1 Å². The first kappa shape index (κ1) is 13.3. The van der Waals surface area contributed by atoms with Crippen LogP contribution in [0, 0.1) is 0 Å². The van der Waals surface area contributed by atoms with Crippen molar-refractivity contribution in [3.63, 3.8) is 0 Å². The van der Waals surface area contributed by atoms with Gasteiger partial charge in [0, 0.05) is 16.7 Å². The van der Waals surface area contributed by atoms with Gasteiger partial charge in [-0.1, -0.05) is 78.9 Å². The van der Waals surface area contributed by atoms with Crippen molar-refractivity contribution >= 4 is 16.6 Å². The summed E-state index contributed by atoms with van der Waals surface area (Å²) in [4.78, 5) is 12.9. The number of ketones is 1. The summed E-state index contributed by atoms with van der Waals surface area (Å²) in [6.45, 7) is 0. The van der Waals surface area contributed by atoms with E-state index in [0.717, 1.165) is 38.8 Å². The summed E-state index contributed by atoms with van der Waals surface area (Å²) in [6, 6.07) is 28.6. The molecular formula is C23H14O. The molecule has 24 heavy (non-hydrogen) atoms. The lowest BCUT2D eigenvalue weighted by molar-refractivity contribution is 0.104. The van der Waals surface area contributed by atoms with Gasteiger partial charge in [0.25, 0.3) is 0 Å². The molecule has 0 heterocycles. The Morgan fingerprint density at radius 2 is 1.21 bits per heavy atom. The predicted molar refractivity (Wildman–Crippen MR) is 98.3 cm³/mol. The van der Waals surface area contributed by atoms with Gasteiger partial charge in [-0.3, -0.25) is 4.79 Å². The summed E-state index contributed by atoms with van der Waals surface area (Å²) in [7, 11) is 0. The molecule has 1 aliphatic carbocycles. The average Bonchev–Trinajstić information content (AvgIpc) is 2.93. The van der Waals surface area contributed by atoms with E-state index in [2.05, 4.69) is 36.4 Å². The molecule has 5 rings (SSSR count). The van der Waals surface area contributed by atoms with Crippen LogP contribution in [0.15, 0.2) is 84.9 Å². The van der Waals surface area contributed by atoms with Crippen LogP contribution in [0.2, 0.25) is 0 Å². The van der Waals surface area contributed by atoms with Crippen molar-refractivity contribution in [1.29, 1.82) is 0 Å². The minimum atomic E-state index is 0.128. The third-order valence-corrected chi connectivity index (χ3v) is 4.80. The highest BCUT2D eigenvalue weighted by molar-refractivity contribution is 6.26. The van der Waals surface area contributed by atoms with Gasteiger partial charge < -0.3 is 0 Å². The number of rotatable bonds is 1. The van der Waals surface area contributed by atoms with Crippen molar-refractivity contribution in [1.82, 2.24) is 0 Å². The molecule has 112 valence electrons. The Balaban J connectivity index is 2.00. The van der Waals surface area contributed by atoms with Crippen molar-refractivity contribution in [2.24, 2.45) is 0 Å². The molecule has 0 spiro atoms. The molecule has 1 nitrogen and oxygen atoms in total. The summed E-state index contributed by atoms with van der Waals surface area (Å²) in [5, 5.41) is 2.29. The number of fused-ring (bicyclic) bond motifs is 4. The largest absolute Gasteiger partial charge is 0.289 e. The highest BCUT2D eigenvalue weighted by atomic mass is 16.1. The van der Waals surface area contributed by atoms with E-state index in [0.29, 0.717) is 0 Å². The van der Waals surface area contributed by atoms with Crippen molar-refractivity contribution in [2.45, 2.75) is 0 Å². The van der Waals surface area contributed by atoms with Crippen LogP contribution in [0.5, 0.6) is 0 Å². The first-order chi connectivity index (χ1) is 11.8. The zero-order chi connectivity index (χ0) is 16.1. The fraction of sp³-hybridized carbons (Fsp3) is 0. The maximum absolute atomic E-state index is 12.9. The Bertz CT molecular complexity index is 1110. The quantitative estimate of drug-likeness (QED) is 0.387. The SMILES string of the molecule is O=C1c2ccccc2-c2c1cc1ccccc1c2-c1ccccc1. The van der Waals surface area contributed by atoms with Gasteiger partial charge in [-0.15, -0.1) is 0 Å². The molecule has 0 amide bonds. The molecule has 1 heteroatoms. The zero-order valence-corrected chi connectivity index (χ0v) is 13.0. The molecule has 0 atom stereocenters. The minimum Gasteiger partial charge on any atom is -0.289 e. The van der Waals surface area contributed by atoms with Crippen LogP contribution < -0.4 is 0 Å². The zero-order valence-electron chi connectivity index (χ0n) is 13.0. The van der Waals surface area contributed by atoms with E-state index in [1.54, 1.807) is 0 Å². The molecule has 0 radical (unpaired) electrons. The van der Waals surface area contributed by atoms with Gasteiger partial charge in [0.1, 0.15) is 0 Å². The van der Waals surface area contributed by atoms with E-state index in [1.807, 2.05) is 48.5 Å². The number of carbonyl (C=O) groups is 1. The van der Waals surface area contributed by atoms with Crippen molar-refractivity contribution in [2.75, 3.05) is 0 Å². The molecule has 0 saturated heterocycles. The van der Waals surface area contributed by atoms with Gasteiger partial charge in [0.05, 0.1) is 0 Å². The summed E-state index contributed by atoms with van der Waals surface area (Å²) in [5.74, 6) is 0.128. The third kappa shape index (κ3) is 1.73. The Morgan fingerprint density at radius 3 is 2.04 bits per heavy atom. The number of benzene rings is 4. The van der Waals surface area contributed by atoms with Gasteiger partial charge >= 0.3 is 0 Å². The van der Waals surface area contributed by atoms with Gasteiger partial charge in [0.15, 0.2) is 5.78 Å². The lowest BCUT2D eigenvalue weighted by Gasteiger charge is -2.13. The second kappa shape index (κ2) is 4.90. The fourth-order valence-electron chi connectivity index (χ4n) is 3.76. The number of carbonyl (C=O) groups excluding carboxylic acids is 1.